The first kappa shape index (κ1) is 12.3. The molecular formula is C12H16N2O2. The van der Waals surface area contributed by atoms with Gasteiger partial charge in [-0.05, 0) is 18.6 Å². The molecule has 0 bridgehead atoms. The molecule has 0 saturated heterocycles. The summed E-state index contributed by atoms with van der Waals surface area (Å²) in [5.74, 6) is 0.0507. The molecule has 1 aromatic heterocycles. The third-order valence-electron chi connectivity index (χ3n) is 2.38. The number of carbonyl (C=O) groups is 1. The molecule has 1 amide bonds. The molecule has 0 aliphatic rings. The highest BCUT2D eigenvalue weighted by Gasteiger charge is 2.21. The molecule has 0 spiro atoms. The number of hydrogen-bond acceptors (Lipinski definition) is 3. The second-order valence-electron chi connectivity index (χ2n) is 3.74. The maximum Gasteiger partial charge on any atom is 0.240 e. The van der Waals surface area contributed by atoms with Crippen LogP contribution >= 0.6 is 0 Å². The van der Waals surface area contributed by atoms with Gasteiger partial charge in [-0.25, -0.2) is 0 Å². The lowest BCUT2D eigenvalue weighted by Crippen LogP contribution is -2.31. The first-order valence-corrected chi connectivity index (χ1v) is 5.36. The molecule has 4 heteroatoms. The van der Waals surface area contributed by atoms with E-state index < -0.39 is 5.92 Å². The zero-order valence-corrected chi connectivity index (χ0v) is 9.64. The smallest absolute Gasteiger partial charge is 0.240 e. The Morgan fingerprint density at radius 2 is 2.44 bits per heavy atom. The summed E-state index contributed by atoms with van der Waals surface area (Å²) in [5.41, 5.74) is 0. The average molecular weight is 220 g/mol. The van der Waals surface area contributed by atoms with Crippen molar-refractivity contribution >= 4 is 5.91 Å². The molecule has 0 fully saturated rings. The Morgan fingerprint density at radius 1 is 1.69 bits per heavy atom. The van der Waals surface area contributed by atoms with Crippen molar-refractivity contribution < 1.29 is 9.21 Å². The van der Waals surface area contributed by atoms with E-state index in [4.69, 9.17) is 9.68 Å². The van der Waals surface area contributed by atoms with E-state index >= 15 is 0 Å². The molecule has 1 unspecified atom stereocenters. The van der Waals surface area contributed by atoms with Gasteiger partial charge in [-0.1, -0.05) is 13.3 Å². The van der Waals surface area contributed by atoms with Gasteiger partial charge in [-0.15, -0.1) is 0 Å². The van der Waals surface area contributed by atoms with Crippen LogP contribution in [0.15, 0.2) is 22.8 Å². The first-order chi connectivity index (χ1) is 7.69. The molecule has 1 rings (SSSR count). The lowest BCUT2D eigenvalue weighted by Gasteiger charge is -2.18. The Kier molecular flexibility index (Phi) is 4.59. The van der Waals surface area contributed by atoms with Crippen LogP contribution < -0.4 is 0 Å². The Morgan fingerprint density at radius 3 is 2.94 bits per heavy atom. The fourth-order valence-electron chi connectivity index (χ4n) is 1.51. The third-order valence-corrected chi connectivity index (χ3v) is 2.38. The van der Waals surface area contributed by atoms with E-state index in [0.717, 1.165) is 12.2 Å². The summed E-state index contributed by atoms with van der Waals surface area (Å²) in [6.45, 7) is 2.37. The largest absolute Gasteiger partial charge is 0.467 e. The molecule has 1 aromatic rings. The SMILES string of the molecule is CCCC(C#N)C(=O)N(C)Cc1ccco1. The maximum absolute atomic E-state index is 11.9. The Labute approximate surface area is 95.5 Å². The lowest BCUT2D eigenvalue weighted by molar-refractivity contribution is -0.133. The molecule has 0 radical (unpaired) electrons. The zero-order valence-electron chi connectivity index (χ0n) is 9.64. The molecule has 0 saturated carbocycles. The van der Waals surface area contributed by atoms with Crippen molar-refractivity contribution in [1.29, 1.82) is 5.26 Å². The normalized spacial score (nSPS) is 11.8. The van der Waals surface area contributed by atoms with Crippen molar-refractivity contribution in [2.45, 2.75) is 26.3 Å². The Balaban J connectivity index is 2.56. The van der Waals surface area contributed by atoms with Gasteiger partial charge in [-0.2, -0.15) is 5.26 Å². The molecule has 0 aliphatic heterocycles. The molecule has 0 N–H and O–H groups in total. The van der Waals surface area contributed by atoms with E-state index in [1.807, 2.05) is 19.1 Å². The quantitative estimate of drug-likeness (QED) is 0.764. The lowest BCUT2D eigenvalue weighted by atomic mass is 10.0. The van der Waals surface area contributed by atoms with Crippen LogP contribution in [0.3, 0.4) is 0 Å². The van der Waals surface area contributed by atoms with E-state index in [9.17, 15) is 4.79 Å². The topological polar surface area (TPSA) is 57.2 Å². The van der Waals surface area contributed by atoms with Crippen LogP contribution in [-0.2, 0) is 11.3 Å². The average Bonchev–Trinajstić information content (AvgIpc) is 2.77. The number of nitrogens with zero attached hydrogens (tertiary/aromatic N) is 2. The highest BCUT2D eigenvalue weighted by Crippen LogP contribution is 2.11. The Bertz CT molecular complexity index is 365. The summed E-state index contributed by atoms with van der Waals surface area (Å²) in [6, 6.07) is 5.63. The summed E-state index contributed by atoms with van der Waals surface area (Å²) in [5, 5.41) is 8.88. The summed E-state index contributed by atoms with van der Waals surface area (Å²) in [7, 11) is 1.69. The second kappa shape index (κ2) is 5.96. The van der Waals surface area contributed by atoms with Gasteiger partial charge in [-0.3, -0.25) is 4.79 Å². The predicted molar refractivity (Wildman–Crippen MR) is 59.2 cm³/mol. The molecule has 4 nitrogen and oxygen atoms in total. The second-order valence-corrected chi connectivity index (χ2v) is 3.74. The van der Waals surface area contributed by atoms with Gasteiger partial charge in [0.2, 0.25) is 5.91 Å². The van der Waals surface area contributed by atoms with E-state index in [1.54, 1.807) is 19.4 Å². The van der Waals surface area contributed by atoms with Crippen LogP contribution in [0.1, 0.15) is 25.5 Å². The number of carbonyl (C=O) groups excluding carboxylic acids is 1. The first-order valence-electron chi connectivity index (χ1n) is 5.36. The summed E-state index contributed by atoms with van der Waals surface area (Å²) < 4.78 is 5.15. The van der Waals surface area contributed by atoms with Crippen molar-refractivity contribution in [3.63, 3.8) is 0 Å². The van der Waals surface area contributed by atoms with Gasteiger partial charge in [0.05, 0.1) is 18.9 Å². The van der Waals surface area contributed by atoms with Crippen molar-refractivity contribution in [1.82, 2.24) is 4.90 Å². The fourth-order valence-corrected chi connectivity index (χ4v) is 1.51. The summed E-state index contributed by atoms with van der Waals surface area (Å²) in [4.78, 5) is 13.4. The molecule has 86 valence electrons. The van der Waals surface area contributed by atoms with E-state index in [2.05, 4.69) is 0 Å². The maximum atomic E-state index is 11.9. The molecular weight excluding hydrogens is 204 g/mol. The van der Waals surface area contributed by atoms with Crippen LogP contribution in [0, 0.1) is 17.2 Å². The number of amides is 1. The minimum absolute atomic E-state index is 0.138. The number of furan rings is 1. The fraction of sp³-hybridized carbons (Fsp3) is 0.500. The number of rotatable bonds is 5. The summed E-state index contributed by atoms with van der Waals surface area (Å²) >= 11 is 0. The zero-order chi connectivity index (χ0) is 12.0. The predicted octanol–water partition coefficient (Wildman–Crippen LogP) is 2.18. The van der Waals surface area contributed by atoms with Crippen LogP contribution in [0.2, 0.25) is 0 Å². The van der Waals surface area contributed by atoms with Crippen molar-refractivity contribution in [3.8, 4) is 6.07 Å². The van der Waals surface area contributed by atoms with E-state index in [0.29, 0.717) is 13.0 Å². The highest BCUT2D eigenvalue weighted by molar-refractivity contribution is 5.80. The number of nitriles is 1. The van der Waals surface area contributed by atoms with Gasteiger partial charge in [0.25, 0.3) is 0 Å². The van der Waals surface area contributed by atoms with Gasteiger partial charge in [0, 0.05) is 7.05 Å². The van der Waals surface area contributed by atoms with Crippen LogP contribution in [0.4, 0.5) is 0 Å². The van der Waals surface area contributed by atoms with E-state index in [1.165, 1.54) is 4.90 Å². The van der Waals surface area contributed by atoms with Crippen molar-refractivity contribution in [2.75, 3.05) is 7.05 Å². The van der Waals surface area contributed by atoms with Crippen LogP contribution in [0.5, 0.6) is 0 Å². The molecule has 1 atom stereocenters. The minimum atomic E-state index is -0.537. The monoisotopic (exact) mass is 220 g/mol. The standard InChI is InChI=1S/C12H16N2O2/c1-3-5-10(8-13)12(15)14(2)9-11-6-4-7-16-11/h4,6-7,10H,3,5,9H2,1-2H3. The third kappa shape index (κ3) is 3.13. The molecule has 16 heavy (non-hydrogen) atoms. The van der Waals surface area contributed by atoms with Crippen molar-refractivity contribution in [2.24, 2.45) is 5.92 Å². The highest BCUT2D eigenvalue weighted by atomic mass is 16.3. The molecule has 1 heterocycles. The molecule has 0 aliphatic carbocycles. The molecule has 0 aromatic carbocycles. The number of hydrogen-bond donors (Lipinski definition) is 0. The van der Waals surface area contributed by atoms with Gasteiger partial charge >= 0.3 is 0 Å². The van der Waals surface area contributed by atoms with Crippen LogP contribution in [-0.4, -0.2) is 17.9 Å². The summed E-state index contributed by atoms with van der Waals surface area (Å²) in [6.07, 6.45) is 3.01. The van der Waals surface area contributed by atoms with Gasteiger partial charge in [0.15, 0.2) is 0 Å². The van der Waals surface area contributed by atoms with Gasteiger partial charge < -0.3 is 9.32 Å². The van der Waals surface area contributed by atoms with E-state index in [-0.39, 0.29) is 5.91 Å². The van der Waals surface area contributed by atoms with Gasteiger partial charge in [0.1, 0.15) is 11.7 Å². The Hall–Kier alpha value is -1.76. The minimum Gasteiger partial charge on any atom is -0.467 e. The van der Waals surface area contributed by atoms with Crippen molar-refractivity contribution in [3.05, 3.63) is 24.2 Å². The van der Waals surface area contributed by atoms with Crippen LogP contribution in [0.25, 0.3) is 0 Å².